The first-order chi connectivity index (χ1) is 10.4. The Bertz CT molecular complexity index is 677. The van der Waals surface area contributed by atoms with Gasteiger partial charge in [-0.3, -0.25) is 4.79 Å². The van der Waals surface area contributed by atoms with Crippen molar-refractivity contribution < 1.29 is 18.0 Å². The fourth-order valence-electron chi connectivity index (χ4n) is 1.79. The van der Waals surface area contributed by atoms with Crippen molar-refractivity contribution in [3.05, 3.63) is 40.9 Å². The van der Waals surface area contributed by atoms with E-state index in [4.69, 9.17) is 0 Å². The maximum absolute atomic E-state index is 12.5. The number of halogens is 3. The molecule has 1 aromatic heterocycles. The number of rotatable bonds is 4. The van der Waals surface area contributed by atoms with Crippen molar-refractivity contribution in [2.45, 2.75) is 25.1 Å². The monoisotopic (exact) mass is 327 g/mol. The zero-order valence-electron chi connectivity index (χ0n) is 11.3. The number of hydrogen-bond donors (Lipinski definition) is 2. The van der Waals surface area contributed by atoms with Gasteiger partial charge >= 0.3 is 6.18 Å². The molecule has 0 bridgehead atoms. The molecule has 0 atom stereocenters. The molecule has 0 saturated heterocycles. The Hall–Kier alpha value is -2.09. The highest BCUT2D eigenvalue weighted by Crippen LogP contribution is 2.31. The van der Waals surface area contributed by atoms with Crippen LogP contribution >= 0.6 is 11.3 Å². The van der Waals surface area contributed by atoms with Gasteiger partial charge < -0.3 is 10.6 Å². The molecule has 1 amide bonds. The molecule has 1 aromatic carbocycles. The molecule has 3 rings (SSSR count). The van der Waals surface area contributed by atoms with Crippen LogP contribution in [0, 0.1) is 0 Å². The Kier molecular flexibility index (Phi) is 3.78. The molecular weight excluding hydrogens is 315 g/mol. The minimum Gasteiger partial charge on any atom is -0.349 e. The average molecular weight is 327 g/mol. The Balaban J connectivity index is 1.65. The van der Waals surface area contributed by atoms with Crippen LogP contribution < -0.4 is 10.6 Å². The molecule has 2 aromatic rings. The van der Waals surface area contributed by atoms with Crippen molar-refractivity contribution in [1.82, 2.24) is 10.3 Å². The number of carbonyl (C=O) groups excluding carboxylic acids is 1. The van der Waals surface area contributed by atoms with E-state index >= 15 is 0 Å². The molecule has 22 heavy (non-hydrogen) atoms. The van der Waals surface area contributed by atoms with Crippen molar-refractivity contribution >= 4 is 28.1 Å². The van der Waals surface area contributed by atoms with E-state index in [9.17, 15) is 18.0 Å². The highest BCUT2D eigenvalue weighted by molar-refractivity contribution is 7.17. The van der Waals surface area contributed by atoms with E-state index in [1.807, 2.05) is 0 Å². The van der Waals surface area contributed by atoms with Crippen molar-refractivity contribution in [2.24, 2.45) is 0 Å². The summed E-state index contributed by atoms with van der Waals surface area (Å²) in [5, 5.41) is 6.20. The van der Waals surface area contributed by atoms with Gasteiger partial charge in [0.25, 0.3) is 5.91 Å². The summed E-state index contributed by atoms with van der Waals surface area (Å²) >= 11 is 1.16. The zero-order chi connectivity index (χ0) is 15.7. The maximum Gasteiger partial charge on any atom is 0.416 e. The molecule has 0 unspecified atom stereocenters. The lowest BCUT2D eigenvalue weighted by Crippen LogP contribution is -2.24. The summed E-state index contributed by atoms with van der Waals surface area (Å²) in [5.74, 6) is -0.166. The number of hydrogen-bond acceptors (Lipinski definition) is 4. The van der Waals surface area contributed by atoms with E-state index in [2.05, 4.69) is 15.6 Å². The van der Waals surface area contributed by atoms with Crippen LogP contribution in [0.5, 0.6) is 0 Å². The molecule has 8 heteroatoms. The van der Waals surface area contributed by atoms with Gasteiger partial charge in [-0.25, -0.2) is 4.98 Å². The SMILES string of the molecule is O=C(NC1CC1)c1cnc(Nc2ccc(C(F)(F)F)cc2)s1. The van der Waals surface area contributed by atoms with Gasteiger partial charge in [0.1, 0.15) is 4.88 Å². The zero-order valence-corrected chi connectivity index (χ0v) is 12.1. The molecule has 1 heterocycles. The van der Waals surface area contributed by atoms with E-state index in [-0.39, 0.29) is 11.9 Å². The second kappa shape index (κ2) is 5.60. The summed E-state index contributed by atoms with van der Waals surface area (Å²) in [5.41, 5.74) is -0.224. The van der Waals surface area contributed by atoms with E-state index in [1.54, 1.807) is 0 Å². The minimum atomic E-state index is -4.35. The van der Waals surface area contributed by atoms with Gasteiger partial charge in [0, 0.05) is 11.7 Å². The Morgan fingerprint density at radius 3 is 2.50 bits per heavy atom. The molecule has 1 aliphatic rings. The third kappa shape index (κ3) is 3.56. The molecule has 1 fully saturated rings. The van der Waals surface area contributed by atoms with Crippen molar-refractivity contribution in [2.75, 3.05) is 5.32 Å². The number of benzene rings is 1. The molecular formula is C14H12F3N3OS. The van der Waals surface area contributed by atoms with Crippen molar-refractivity contribution in [1.29, 1.82) is 0 Å². The lowest BCUT2D eigenvalue weighted by molar-refractivity contribution is -0.137. The first-order valence-corrected chi connectivity index (χ1v) is 7.44. The third-order valence-electron chi connectivity index (χ3n) is 3.11. The number of nitrogens with zero attached hydrogens (tertiary/aromatic N) is 1. The third-order valence-corrected chi connectivity index (χ3v) is 4.02. The van der Waals surface area contributed by atoms with Crippen LogP contribution in [0.3, 0.4) is 0 Å². The number of anilines is 2. The number of nitrogens with one attached hydrogen (secondary N) is 2. The molecule has 4 nitrogen and oxygen atoms in total. The summed E-state index contributed by atoms with van der Waals surface area (Å²) in [6.45, 7) is 0. The Labute approximate surface area is 128 Å². The Morgan fingerprint density at radius 2 is 1.91 bits per heavy atom. The summed E-state index contributed by atoms with van der Waals surface area (Å²) in [6, 6.07) is 4.91. The van der Waals surface area contributed by atoms with E-state index in [1.165, 1.54) is 18.3 Å². The number of alkyl halides is 3. The lowest BCUT2D eigenvalue weighted by atomic mass is 10.2. The van der Waals surface area contributed by atoms with E-state index in [0.29, 0.717) is 15.7 Å². The van der Waals surface area contributed by atoms with E-state index < -0.39 is 11.7 Å². The van der Waals surface area contributed by atoms with Gasteiger partial charge in [0.15, 0.2) is 5.13 Å². The van der Waals surface area contributed by atoms with Crippen LogP contribution in [0.15, 0.2) is 30.5 Å². The first-order valence-electron chi connectivity index (χ1n) is 6.63. The standard InChI is InChI=1S/C14H12F3N3OS/c15-14(16,17)8-1-3-10(4-2-8)20-13-18-7-11(22-13)12(21)19-9-5-6-9/h1-4,7,9H,5-6H2,(H,18,20)(H,19,21). The largest absolute Gasteiger partial charge is 0.416 e. The molecule has 0 aliphatic heterocycles. The molecule has 1 saturated carbocycles. The normalized spacial score (nSPS) is 14.7. The van der Waals surface area contributed by atoms with Crippen LogP contribution in [-0.4, -0.2) is 16.9 Å². The summed E-state index contributed by atoms with van der Waals surface area (Å²) in [6.07, 6.45) is -0.898. The van der Waals surface area contributed by atoms with Gasteiger partial charge in [0.2, 0.25) is 0 Å². The number of thiazole rings is 1. The molecule has 116 valence electrons. The quantitative estimate of drug-likeness (QED) is 0.898. The second-order valence-corrected chi connectivity index (χ2v) is 6.01. The molecule has 1 aliphatic carbocycles. The van der Waals surface area contributed by atoms with Gasteiger partial charge in [-0.05, 0) is 37.1 Å². The highest BCUT2D eigenvalue weighted by Gasteiger charge is 2.30. The highest BCUT2D eigenvalue weighted by atomic mass is 32.1. The van der Waals surface area contributed by atoms with Gasteiger partial charge in [-0.2, -0.15) is 13.2 Å². The van der Waals surface area contributed by atoms with Gasteiger partial charge in [-0.15, -0.1) is 0 Å². The van der Waals surface area contributed by atoms with Crippen LogP contribution in [0.4, 0.5) is 24.0 Å². The first kappa shape index (κ1) is 14.8. The predicted molar refractivity (Wildman–Crippen MR) is 77.3 cm³/mol. The number of amides is 1. The number of carbonyl (C=O) groups is 1. The molecule has 0 spiro atoms. The average Bonchev–Trinajstić information content (AvgIpc) is 3.14. The topological polar surface area (TPSA) is 54.0 Å². The maximum atomic E-state index is 12.5. The lowest BCUT2D eigenvalue weighted by Gasteiger charge is -2.07. The van der Waals surface area contributed by atoms with Crippen molar-refractivity contribution in [3.63, 3.8) is 0 Å². The summed E-state index contributed by atoms with van der Waals surface area (Å²) in [7, 11) is 0. The smallest absolute Gasteiger partial charge is 0.349 e. The number of aromatic nitrogens is 1. The minimum absolute atomic E-state index is 0.166. The van der Waals surface area contributed by atoms with Crippen LogP contribution in [-0.2, 0) is 6.18 Å². The molecule has 2 N–H and O–H groups in total. The summed E-state index contributed by atoms with van der Waals surface area (Å²) < 4.78 is 37.4. The van der Waals surface area contributed by atoms with E-state index in [0.717, 1.165) is 36.3 Å². The fourth-order valence-corrected chi connectivity index (χ4v) is 2.53. The van der Waals surface area contributed by atoms with Crippen LogP contribution in [0.1, 0.15) is 28.1 Å². The van der Waals surface area contributed by atoms with Gasteiger partial charge in [-0.1, -0.05) is 11.3 Å². The van der Waals surface area contributed by atoms with Crippen molar-refractivity contribution in [3.8, 4) is 0 Å². The molecule has 0 radical (unpaired) electrons. The Morgan fingerprint density at radius 1 is 1.23 bits per heavy atom. The second-order valence-electron chi connectivity index (χ2n) is 4.98. The fraction of sp³-hybridized carbons (Fsp3) is 0.286. The van der Waals surface area contributed by atoms with Crippen LogP contribution in [0.2, 0.25) is 0 Å². The van der Waals surface area contributed by atoms with Crippen LogP contribution in [0.25, 0.3) is 0 Å². The van der Waals surface area contributed by atoms with Gasteiger partial charge in [0.05, 0.1) is 11.8 Å². The summed E-state index contributed by atoms with van der Waals surface area (Å²) in [4.78, 5) is 16.4. The predicted octanol–water partition coefficient (Wildman–Crippen LogP) is 3.80.